The Hall–Kier alpha value is -2.71. The minimum atomic E-state index is -0.296. The van der Waals surface area contributed by atoms with Gasteiger partial charge in [-0.1, -0.05) is 35.5 Å². The average Bonchev–Trinajstić information content (AvgIpc) is 3.29. The maximum absolute atomic E-state index is 13.1. The van der Waals surface area contributed by atoms with Crippen LogP contribution < -0.4 is 5.32 Å². The van der Waals surface area contributed by atoms with Crippen molar-refractivity contribution in [3.05, 3.63) is 71.9 Å². The molecule has 0 unspecified atom stereocenters. The van der Waals surface area contributed by atoms with Gasteiger partial charge >= 0.3 is 0 Å². The van der Waals surface area contributed by atoms with E-state index in [-0.39, 0.29) is 17.6 Å². The number of nitrogens with zero attached hydrogens (tertiary/aromatic N) is 3. The number of aromatic nitrogens is 2. The lowest BCUT2D eigenvalue weighted by Crippen LogP contribution is -2.40. The van der Waals surface area contributed by atoms with Crippen LogP contribution in [-0.4, -0.2) is 46.3 Å². The predicted molar refractivity (Wildman–Crippen MR) is 123 cm³/mol. The molecule has 0 saturated carbocycles. The molecule has 1 fully saturated rings. The second-order valence-corrected chi connectivity index (χ2v) is 9.00. The number of nitrogens with one attached hydrogen (secondary N) is 1. The lowest BCUT2D eigenvalue weighted by atomic mass is 9.96. The molecule has 1 aliphatic rings. The zero-order valence-corrected chi connectivity index (χ0v) is 18.7. The fourth-order valence-electron chi connectivity index (χ4n) is 3.73. The Morgan fingerprint density at radius 2 is 1.88 bits per heavy atom. The molecule has 8 heteroatoms. The van der Waals surface area contributed by atoms with E-state index in [1.165, 1.54) is 17.7 Å². The van der Waals surface area contributed by atoms with Gasteiger partial charge in [-0.05, 0) is 55.8 Å². The molecule has 2 aromatic carbocycles. The first-order valence-electron chi connectivity index (χ1n) is 10.9. The Morgan fingerprint density at radius 1 is 1.12 bits per heavy atom. The summed E-state index contributed by atoms with van der Waals surface area (Å²) < 4.78 is 18.4. The van der Waals surface area contributed by atoms with E-state index in [9.17, 15) is 9.18 Å². The summed E-state index contributed by atoms with van der Waals surface area (Å²) >= 11 is 1.83. The summed E-state index contributed by atoms with van der Waals surface area (Å²) in [5.74, 6) is 2.78. The number of rotatable bonds is 9. The van der Waals surface area contributed by atoms with Gasteiger partial charge in [0.2, 0.25) is 17.6 Å². The van der Waals surface area contributed by atoms with Crippen LogP contribution in [0.25, 0.3) is 11.4 Å². The molecule has 0 aliphatic carbocycles. The van der Waals surface area contributed by atoms with Gasteiger partial charge in [-0.25, -0.2) is 4.39 Å². The lowest BCUT2D eigenvalue weighted by molar-refractivity contribution is -0.126. The van der Waals surface area contributed by atoms with E-state index in [1.54, 1.807) is 12.1 Å². The maximum Gasteiger partial charge on any atom is 0.241 e. The number of likely N-dealkylation sites (tertiary alicyclic amines) is 1. The number of thioether (sulfide) groups is 1. The van der Waals surface area contributed by atoms with E-state index < -0.39 is 0 Å². The van der Waals surface area contributed by atoms with Gasteiger partial charge in [-0.3, -0.25) is 9.69 Å². The van der Waals surface area contributed by atoms with Crippen molar-refractivity contribution >= 4 is 17.7 Å². The Kier molecular flexibility index (Phi) is 7.90. The molecule has 0 spiro atoms. The molecule has 6 nitrogen and oxygen atoms in total. The Labute approximate surface area is 191 Å². The van der Waals surface area contributed by atoms with E-state index in [4.69, 9.17) is 4.52 Å². The highest BCUT2D eigenvalue weighted by molar-refractivity contribution is 7.98. The minimum Gasteiger partial charge on any atom is -0.355 e. The zero-order chi connectivity index (χ0) is 22.2. The first-order valence-corrected chi connectivity index (χ1v) is 12.0. The van der Waals surface area contributed by atoms with E-state index >= 15 is 0 Å². The van der Waals surface area contributed by atoms with Crippen molar-refractivity contribution in [3.63, 3.8) is 0 Å². The van der Waals surface area contributed by atoms with Gasteiger partial charge < -0.3 is 9.84 Å². The summed E-state index contributed by atoms with van der Waals surface area (Å²) in [6.45, 7) is 2.88. The molecule has 3 aromatic rings. The monoisotopic (exact) mass is 454 g/mol. The number of carbonyl (C=O) groups excluding carboxylic acids is 1. The van der Waals surface area contributed by atoms with Gasteiger partial charge in [-0.15, -0.1) is 0 Å². The summed E-state index contributed by atoms with van der Waals surface area (Å²) in [5, 5.41) is 7.07. The lowest BCUT2D eigenvalue weighted by Gasteiger charge is -2.30. The highest BCUT2D eigenvalue weighted by atomic mass is 32.2. The molecular formula is C24H27FN4O2S. The standard InChI is InChI=1S/C24H27FN4O2S/c25-21-8-6-19(7-9-21)23-27-22(31-28-23)16-29-13-10-20(11-14-29)24(30)26-12-15-32-17-18-4-2-1-3-5-18/h1-9,20H,10-17H2,(H,26,30). The minimum absolute atomic E-state index is 0.0582. The fourth-order valence-corrected chi connectivity index (χ4v) is 4.55. The highest BCUT2D eigenvalue weighted by Gasteiger charge is 2.25. The number of hydrogen-bond acceptors (Lipinski definition) is 6. The molecular weight excluding hydrogens is 427 g/mol. The molecule has 0 radical (unpaired) electrons. The van der Waals surface area contributed by atoms with Gasteiger partial charge in [0.1, 0.15) is 5.82 Å². The van der Waals surface area contributed by atoms with Crippen LogP contribution >= 0.6 is 11.8 Å². The smallest absolute Gasteiger partial charge is 0.241 e. The van der Waals surface area contributed by atoms with Crippen molar-refractivity contribution in [3.8, 4) is 11.4 Å². The van der Waals surface area contributed by atoms with Crippen LogP contribution in [-0.2, 0) is 17.1 Å². The topological polar surface area (TPSA) is 71.3 Å². The third-order valence-corrected chi connectivity index (χ3v) is 6.58. The number of benzene rings is 2. The molecule has 32 heavy (non-hydrogen) atoms. The van der Waals surface area contributed by atoms with Crippen molar-refractivity contribution in [2.24, 2.45) is 5.92 Å². The van der Waals surface area contributed by atoms with Crippen LogP contribution in [0.3, 0.4) is 0 Å². The Morgan fingerprint density at radius 3 is 2.62 bits per heavy atom. The van der Waals surface area contributed by atoms with Crippen molar-refractivity contribution in [1.29, 1.82) is 0 Å². The maximum atomic E-state index is 13.1. The van der Waals surface area contributed by atoms with Crippen molar-refractivity contribution < 1.29 is 13.7 Å². The van der Waals surface area contributed by atoms with Crippen LogP contribution in [0, 0.1) is 11.7 Å². The quantitative estimate of drug-likeness (QED) is 0.490. The molecule has 1 aliphatic heterocycles. The predicted octanol–water partition coefficient (Wildman–Crippen LogP) is 4.14. The number of halogens is 1. The molecule has 2 heterocycles. The number of piperidine rings is 1. The van der Waals surface area contributed by atoms with Crippen LogP contribution in [0.5, 0.6) is 0 Å². The Balaban J connectivity index is 1.14. The van der Waals surface area contributed by atoms with Crippen molar-refractivity contribution in [2.75, 3.05) is 25.4 Å². The number of amides is 1. The first kappa shape index (κ1) is 22.5. The SMILES string of the molecule is O=C(NCCSCc1ccccc1)C1CCN(Cc2nc(-c3ccc(F)cc3)no2)CC1. The molecule has 1 N–H and O–H groups in total. The van der Waals surface area contributed by atoms with Crippen LogP contribution in [0.1, 0.15) is 24.3 Å². The Bertz CT molecular complexity index is 989. The second-order valence-electron chi connectivity index (χ2n) is 7.90. The molecule has 168 valence electrons. The van der Waals surface area contributed by atoms with Crippen LogP contribution in [0.4, 0.5) is 4.39 Å². The van der Waals surface area contributed by atoms with Crippen molar-refractivity contribution in [2.45, 2.75) is 25.1 Å². The van der Waals surface area contributed by atoms with Crippen LogP contribution in [0.2, 0.25) is 0 Å². The molecule has 0 bridgehead atoms. The number of hydrogen-bond donors (Lipinski definition) is 1. The zero-order valence-electron chi connectivity index (χ0n) is 17.9. The molecule has 1 aromatic heterocycles. The van der Waals surface area contributed by atoms with E-state index in [0.29, 0.717) is 24.8 Å². The van der Waals surface area contributed by atoms with Crippen LogP contribution in [0.15, 0.2) is 59.1 Å². The summed E-state index contributed by atoms with van der Waals surface area (Å²) in [6.07, 6.45) is 1.64. The number of carbonyl (C=O) groups is 1. The van der Waals surface area contributed by atoms with E-state index in [0.717, 1.165) is 43.0 Å². The molecule has 4 rings (SSSR count). The largest absolute Gasteiger partial charge is 0.355 e. The van der Waals surface area contributed by atoms with Gasteiger partial charge in [0.05, 0.1) is 6.54 Å². The van der Waals surface area contributed by atoms with Gasteiger partial charge in [-0.2, -0.15) is 16.7 Å². The van der Waals surface area contributed by atoms with Crippen molar-refractivity contribution in [1.82, 2.24) is 20.4 Å². The molecule has 1 saturated heterocycles. The van der Waals surface area contributed by atoms with E-state index in [2.05, 4.69) is 32.5 Å². The molecule has 0 atom stereocenters. The second kappa shape index (κ2) is 11.2. The third kappa shape index (κ3) is 6.40. The summed E-state index contributed by atoms with van der Waals surface area (Å²) in [5.41, 5.74) is 2.03. The molecule has 1 amide bonds. The van der Waals surface area contributed by atoms with Gasteiger partial charge in [0.25, 0.3) is 0 Å². The summed E-state index contributed by atoms with van der Waals surface area (Å²) in [7, 11) is 0. The summed E-state index contributed by atoms with van der Waals surface area (Å²) in [6, 6.07) is 16.4. The first-order chi connectivity index (χ1) is 15.7. The van der Waals surface area contributed by atoms with E-state index in [1.807, 2.05) is 30.0 Å². The van der Waals surface area contributed by atoms with Gasteiger partial charge in [0, 0.05) is 29.5 Å². The third-order valence-electron chi connectivity index (χ3n) is 5.54. The van der Waals surface area contributed by atoms with Gasteiger partial charge in [0.15, 0.2) is 0 Å². The average molecular weight is 455 g/mol. The highest BCUT2D eigenvalue weighted by Crippen LogP contribution is 2.21. The summed E-state index contributed by atoms with van der Waals surface area (Å²) in [4.78, 5) is 19.1. The fraction of sp³-hybridized carbons (Fsp3) is 0.375. The normalized spacial score (nSPS) is 15.0.